The summed E-state index contributed by atoms with van der Waals surface area (Å²) in [5, 5.41) is 0. The first-order valence-electron chi connectivity index (χ1n) is 27.9. The number of rotatable bonds is 41. The van der Waals surface area contributed by atoms with Crippen LogP contribution in [0.5, 0.6) is 0 Å². The molecule has 0 N–H and O–H groups in total. The van der Waals surface area contributed by atoms with E-state index in [9.17, 15) is 9.59 Å². The Morgan fingerprint density at radius 2 is 0.934 bits per heavy atom. The summed E-state index contributed by atoms with van der Waals surface area (Å²) >= 11 is 0. The zero-order valence-electron chi connectivity index (χ0n) is 41.9. The van der Waals surface area contributed by atoms with Gasteiger partial charge in [0.05, 0.1) is 12.5 Å². The van der Waals surface area contributed by atoms with Crippen LogP contribution in [0.3, 0.4) is 0 Å². The van der Waals surface area contributed by atoms with Crippen molar-refractivity contribution in [2.75, 3.05) is 19.7 Å². The molecule has 1 aliphatic heterocycles. The van der Waals surface area contributed by atoms with Gasteiger partial charge in [0.15, 0.2) is 0 Å². The number of unbranched alkanes of at least 4 members (excludes halogenated alkanes) is 20. The van der Waals surface area contributed by atoms with Crippen molar-refractivity contribution in [1.29, 1.82) is 0 Å². The normalized spacial score (nSPS) is 22.0. The number of nitrogens with zero attached hydrogens (tertiary/aromatic N) is 1. The molecule has 2 aliphatic carbocycles. The first-order chi connectivity index (χ1) is 29.7. The van der Waals surface area contributed by atoms with E-state index in [1.807, 2.05) is 0 Å². The molecule has 5 nitrogen and oxygen atoms in total. The molecular weight excluding hydrogens is 751 g/mol. The number of hydrogen-bond acceptors (Lipinski definition) is 5. The van der Waals surface area contributed by atoms with Crippen LogP contribution < -0.4 is 0 Å². The molecule has 0 bridgehead atoms. The van der Waals surface area contributed by atoms with Crippen LogP contribution in [0.2, 0.25) is 0 Å². The highest BCUT2D eigenvalue weighted by atomic mass is 16.5. The third-order valence-corrected chi connectivity index (χ3v) is 15.8. The van der Waals surface area contributed by atoms with Crippen LogP contribution in [-0.4, -0.2) is 48.7 Å². The fraction of sp³-hybridized carbons (Fsp3) is 0.964. The summed E-state index contributed by atoms with van der Waals surface area (Å²) in [5.74, 6) is 4.45. The van der Waals surface area contributed by atoms with Crippen LogP contribution in [0.4, 0.5) is 0 Å². The maximum absolute atomic E-state index is 13.4. The number of hydrogen-bond donors (Lipinski definition) is 0. The summed E-state index contributed by atoms with van der Waals surface area (Å²) in [6, 6.07) is 0.528. The smallest absolute Gasteiger partial charge is 0.309 e. The second-order valence-corrected chi connectivity index (χ2v) is 21.5. The van der Waals surface area contributed by atoms with Crippen molar-refractivity contribution in [3.8, 4) is 0 Å². The number of likely N-dealkylation sites (tertiary alicyclic amines) is 1. The lowest BCUT2D eigenvalue weighted by Crippen LogP contribution is -2.40. The van der Waals surface area contributed by atoms with Gasteiger partial charge >= 0.3 is 11.9 Å². The third-order valence-electron chi connectivity index (χ3n) is 15.8. The molecule has 3 aliphatic rings. The molecule has 61 heavy (non-hydrogen) atoms. The molecule has 358 valence electrons. The second-order valence-electron chi connectivity index (χ2n) is 21.5. The van der Waals surface area contributed by atoms with Crippen molar-refractivity contribution in [1.82, 2.24) is 4.90 Å². The van der Waals surface area contributed by atoms with Crippen LogP contribution in [-0.2, 0) is 19.1 Å². The number of piperidine rings is 1. The Morgan fingerprint density at radius 1 is 0.541 bits per heavy atom. The maximum Gasteiger partial charge on any atom is 0.309 e. The van der Waals surface area contributed by atoms with Crippen molar-refractivity contribution in [2.24, 2.45) is 41.4 Å². The Labute approximate surface area is 380 Å². The van der Waals surface area contributed by atoms with Gasteiger partial charge in [-0.3, -0.25) is 9.59 Å². The summed E-state index contributed by atoms with van der Waals surface area (Å²) in [6.45, 7) is 15.7. The van der Waals surface area contributed by atoms with E-state index in [2.05, 4.69) is 46.4 Å². The Kier molecular flexibility index (Phi) is 30.5. The predicted octanol–water partition coefficient (Wildman–Crippen LogP) is 16.6. The zero-order chi connectivity index (χ0) is 43.9. The van der Waals surface area contributed by atoms with Gasteiger partial charge in [-0.25, -0.2) is 0 Å². The van der Waals surface area contributed by atoms with Crippen molar-refractivity contribution in [2.45, 2.75) is 285 Å². The van der Waals surface area contributed by atoms with E-state index < -0.39 is 0 Å². The molecule has 0 aromatic heterocycles. The van der Waals surface area contributed by atoms with Gasteiger partial charge in [-0.2, -0.15) is 0 Å². The van der Waals surface area contributed by atoms with Crippen molar-refractivity contribution in [3.05, 3.63) is 0 Å². The summed E-state index contributed by atoms with van der Waals surface area (Å²) in [5.41, 5.74) is 0. The summed E-state index contributed by atoms with van der Waals surface area (Å²) in [4.78, 5) is 28.8. The Bertz CT molecular complexity index is 1020. The number of esters is 2. The fourth-order valence-corrected chi connectivity index (χ4v) is 10.9. The van der Waals surface area contributed by atoms with Crippen LogP contribution in [0.15, 0.2) is 0 Å². The van der Waals surface area contributed by atoms with Gasteiger partial charge in [0.2, 0.25) is 0 Å². The van der Waals surface area contributed by atoms with Crippen LogP contribution in [0, 0.1) is 41.4 Å². The predicted molar refractivity (Wildman–Crippen MR) is 261 cm³/mol. The molecule has 1 heterocycles. The van der Waals surface area contributed by atoms with Gasteiger partial charge in [-0.1, -0.05) is 195 Å². The standard InChI is InChI=1S/C56H105NO4/c1-7-10-12-14-20-26-32-50-43-52(50)34-28-22-16-18-24-30-36-54(37-31-25-19-17-23-29-35-53-44-51(53)33-27-21-15-13-11-8-2)61-55(58)42-47(6)48(9-3)45-60-56(59)49-38-40-57(41-39-49)46(4)5/h46-54H,7-45H2,1-6H3. The molecule has 1 saturated heterocycles. The van der Waals surface area contributed by atoms with E-state index >= 15 is 0 Å². The minimum absolute atomic E-state index is 0.0126. The van der Waals surface area contributed by atoms with Crippen molar-refractivity contribution < 1.29 is 19.1 Å². The van der Waals surface area contributed by atoms with E-state index in [1.54, 1.807) is 0 Å². The lowest BCUT2D eigenvalue weighted by molar-refractivity contribution is -0.153. The Morgan fingerprint density at radius 3 is 1.33 bits per heavy atom. The molecule has 0 amide bonds. The quantitative estimate of drug-likeness (QED) is 0.0453. The highest BCUT2D eigenvalue weighted by Gasteiger charge is 2.36. The van der Waals surface area contributed by atoms with E-state index in [4.69, 9.17) is 9.47 Å². The van der Waals surface area contributed by atoms with E-state index in [0.29, 0.717) is 19.1 Å². The number of carbonyl (C=O) groups is 2. The first kappa shape index (κ1) is 54.2. The molecular formula is C56H105NO4. The summed E-state index contributed by atoms with van der Waals surface area (Å²) < 4.78 is 12.2. The number of ether oxygens (including phenoxy) is 2. The molecule has 3 rings (SSSR count). The molecule has 6 atom stereocenters. The summed E-state index contributed by atoms with van der Waals surface area (Å²) in [7, 11) is 0. The Hall–Kier alpha value is -1.10. The fourth-order valence-electron chi connectivity index (χ4n) is 10.9. The van der Waals surface area contributed by atoms with Gasteiger partial charge < -0.3 is 14.4 Å². The molecule has 3 fully saturated rings. The van der Waals surface area contributed by atoms with Gasteiger partial charge in [-0.15, -0.1) is 0 Å². The second kappa shape index (κ2) is 34.3. The molecule has 5 heteroatoms. The Balaban J connectivity index is 1.29. The minimum Gasteiger partial charge on any atom is -0.465 e. The van der Waals surface area contributed by atoms with E-state index in [-0.39, 0.29) is 35.8 Å². The zero-order valence-corrected chi connectivity index (χ0v) is 41.9. The van der Waals surface area contributed by atoms with Crippen LogP contribution >= 0.6 is 0 Å². The highest BCUT2D eigenvalue weighted by molar-refractivity contribution is 5.72. The average molecular weight is 856 g/mol. The molecule has 2 saturated carbocycles. The third kappa shape index (κ3) is 25.8. The van der Waals surface area contributed by atoms with Gasteiger partial charge in [0.1, 0.15) is 6.10 Å². The van der Waals surface area contributed by atoms with E-state index in [0.717, 1.165) is 68.9 Å². The topological polar surface area (TPSA) is 55.8 Å². The average Bonchev–Trinajstić information content (AvgIpc) is 4.19. The van der Waals surface area contributed by atoms with Gasteiger partial charge in [0, 0.05) is 12.5 Å². The molecule has 0 spiro atoms. The lowest BCUT2D eigenvalue weighted by atomic mass is 9.89. The van der Waals surface area contributed by atoms with Gasteiger partial charge in [-0.05, 0) is 120 Å². The van der Waals surface area contributed by atoms with Crippen molar-refractivity contribution in [3.63, 3.8) is 0 Å². The van der Waals surface area contributed by atoms with Crippen LogP contribution in [0.1, 0.15) is 273 Å². The van der Waals surface area contributed by atoms with E-state index in [1.165, 1.54) is 193 Å². The monoisotopic (exact) mass is 856 g/mol. The molecule has 0 radical (unpaired) electrons. The molecule has 0 aromatic rings. The largest absolute Gasteiger partial charge is 0.465 e. The van der Waals surface area contributed by atoms with Gasteiger partial charge in [0.25, 0.3) is 0 Å². The summed E-state index contributed by atoms with van der Waals surface area (Å²) in [6.07, 6.45) is 47.1. The lowest BCUT2D eigenvalue weighted by Gasteiger charge is -2.33. The molecule has 0 aromatic carbocycles. The van der Waals surface area contributed by atoms with Crippen molar-refractivity contribution >= 4 is 11.9 Å². The highest BCUT2D eigenvalue weighted by Crippen LogP contribution is 2.46. The molecule has 6 unspecified atom stereocenters. The first-order valence-corrected chi connectivity index (χ1v) is 27.9. The maximum atomic E-state index is 13.4. The van der Waals surface area contributed by atoms with Crippen LogP contribution in [0.25, 0.3) is 0 Å². The SMILES string of the molecule is CCCCCCCCC1CC1CCCCCCCCC(CCCCCCCCC1CC1CCCCCCCC)OC(=O)CC(C)C(CC)COC(=O)C1CCN(C(C)C)CC1. The minimum atomic E-state index is -0.0481. The number of carbonyl (C=O) groups excluding carboxylic acids is 2.